The minimum atomic E-state index is -4.35. The van der Waals surface area contributed by atoms with Crippen molar-refractivity contribution in [3.63, 3.8) is 0 Å². The summed E-state index contributed by atoms with van der Waals surface area (Å²) in [4.78, 5) is 6.40. The van der Waals surface area contributed by atoms with E-state index < -0.39 is 11.7 Å². The summed E-state index contributed by atoms with van der Waals surface area (Å²) in [7, 11) is 1.87. The normalized spacial score (nSPS) is 17.4. The van der Waals surface area contributed by atoms with Crippen LogP contribution in [0.4, 0.5) is 13.2 Å². The average molecular weight is 446 g/mol. The molecular weight excluding hydrogens is 421 g/mol. The summed E-state index contributed by atoms with van der Waals surface area (Å²) in [5.41, 5.74) is 2.37. The minimum Gasteiger partial charge on any atom is -0.493 e. The lowest BCUT2D eigenvalue weighted by Crippen LogP contribution is -2.38. The lowest BCUT2D eigenvalue weighted by atomic mass is 10.1. The number of benzene rings is 1. The smallest absolute Gasteiger partial charge is 0.416 e. The molecule has 1 aliphatic heterocycles. The molecular formula is C23H25F3N4O2. The van der Waals surface area contributed by atoms with Gasteiger partial charge in [0.15, 0.2) is 0 Å². The van der Waals surface area contributed by atoms with Gasteiger partial charge in [-0.15, -0.1) is 0 Å². The second-order valence-electron chi connectivity index (χ2n) is 7.75. The molecule has 170 valence electrons. The van der Waals surface area contributed by atoms with Crippen LogP contribution in [0.1, 0.15) is 28.6 Å². The first kappa shape index (κ1) is 22.3. The molecule has 3 aromatic rings. The Hall–Kier alpha value is -2.91. The van der Waals surface area contributed by atoms with Crippen LogP contribution in [0.3, 0.4) is 0 Å². The topological polar surface area (TPSA) is 52.4 Å². The summed E-state index contributed by atoms with van der Waals surface area (Å²) in [5, 5.41) is 4.61. The average Bonchev–Trinajstić information content (AvgIpc) is 3.15. The van der Waals surface area contributed by atoms with Crippen LogP contribution in [0.5, 0.6) is 5.75 Å². The number of morpholine rings is 1. The zero-order chi connectivity index (χ0) is 22.6. The Balaban J connectivity index is 1.31. The van der Waals surface area contributed by atoms with Crippen molar-refractivity contribution in [2.45, 2.75) is 25.2 Å². The van der Waals surface area contributed by atoms with Gasteiger partial charge in [0.25, 0.3) is 0 Å². The first-order valence-electron chi connectivity index (χ1n) is 10.4. The number of hydrogen-bond acceptors (Lipinski definition) is 5. The van der Waals surface area contributed by atoms with Gasteiger partial charge in [0.05, 0.1) is 24.5 Å². The van der Waals surface area contributed by atoms with E-state index in [0.29, 0.717) is 25.4 Å². The van der Waals surface area contributed by atoms with Crippen LogP contribution >= 0.6 is 0 Å². The molecule has 32 heavy (non-hydrogen) atoms. The van der Waals surface area contributed by atoms with Gasteiger partial charge in [-0.1, -0.05) is 0 Å². The van der Waals surface area contributed by atoms with Crippen molar-refractivity contribution in [1.29, 1.82) is 0 Å². The third-order valence-corrected chi connectivity index (χ3v) is 5.44. The maximum absolute atomic E-state index is 12.7. The van der Waals surface area contributed by atoms with E-state index in [9.17, 15) is 13.2 Å². The first-order chi connectivity index (χ1) is 15.4. The molecule has 1 aromatic carbocycles. The van der Waals surface area contributed by atoms with Gasteiger partial charge >= 0.3 is 6.18 Å². The van der Waals surface area contributed by atoms with Crippen LogP contribution in [-0.4, -0.2) is 46.0 Å². The lowest BCUT2D eigenvalue weighted by molar-refractivity contribution is -0.137. The highest BCUT2D eigenvalue weighted by molar-refractivity contribution is 5.29. The molecule has 0 amide bonds. The van der Waals surface area contributed by atoms with Crippen molar-refractivity contribution in [3.05, 3.63) is 77.4 Å². The minimum absolute atomic E-state index is 0.110. The largest absolute Gasteiger partial charge is 0.493 e. The van der Waals surface area contributed by atoms with Crippen LogP contribution in [-0.2, 0) is 30.9 Å². The number of aromatic nitrogens is 3. The number of pyridine rings is 1. The van der Waals surface area contributed by atoms with Gasteiger partial charge in [-0.2, -0.15) is 18.3 Å². The van der Waals surface area contributed by atoms with Crippen molar-refractivity contribution >= 4 is 0 Å². The van der Waals surface area contributed by atoms with E-state index in [2.05, 4.69) is 15.0 Å². The summed E-state index contributed by atoms with van der Waals surface area (Å²) < 4.78 is 51.4. The van der Waals surface area contributed by atoms with Crippen molar-refractivity contribution < 1.29 is 22.6 Å². The van der Waals surface area contributed by atoms with Gasteiger partial charge in [0.2, 0.25) is 0 Å². The highest BCUT2D eigenvalue weighted by Crippen LogP contribution is 2.30. The fourth-order valence-corrected chi connectivity index (χ4v) is 3.71. The number of halogens is 3. The van der Waals surface area contributed by atoms with Crippen molar-refractivity contribution in [2.24, 2.45) is 7.05 Å². The molecule has 0 radical (unpaired) electrons. The number of rotatable bonds is 7. The van der Waals surface area contributed by atoms with Gasteiger partial charge in [-0.3, -0.25) is 14.6 Å². The van der Waals surface area contributed by atoms with Gasteiger partial charge in [-0.05, 0) is 48.0 Å². The molecule has 4 rings (SSSR count). The van der Waals surface area contributed by atoms with Crippen LogP contribution < -0.4 is 4.74 Å². The molecule has 1 fully saturated rings. The summed E-state index contributed by atoms with van der Waals surface area (Å²) in [6.07, 6.45) is -0.284. The van der Waals surface area contributed by atoms with E-state index in [-0.39, 0.29) is 6.10 Å². The van der Waals surface area contributed by atoms with Crippen LogP contribution in [0, 0.1) is 0 Å². The quantitative estimate of drug-likeness (QED) is 0.549. The second-order valence-corrected chi connectivity index (χ2v) is 7.75. The number of ether oxygens (including phenoxy) is 2. The Morgan fingerprint density at radius 2 is 1.88 bits per heavy atom. The third-order valence-electron chi connectivity index (χ3n) is 5.44. The Labute approximate surface area is 184 Å². The summed E-state index contributed by atoms with van der Waals surface area (Å²) in [5.74, 6) is 0.405. The molecule has 9 heteroatoms. The van der Waals surface area contributed by atoms with Crippen molar-refractivity contribution in [1.82, 2.24) is 19.7 Å². The molecule has 6 nitrogen and oxygen atoms in total. The molecule has 0 bridgehead atoms. The Morgan fingerprint density at radius 1 is 1.12 bits per heavy atom. The fourth-order valence-electron chi connectivity index (χ4n) is 3.71. The zero-order valence-electron chi connectivity index (χ0n) is 17.8. The number of aryl methyl sites for hydroxylation is 1. The highest BCUT2D eigenvalue weighted by Gasteiger charge is 2.30. The number of alkyl halides is 3. The molecule has 0 N–H and O–H groups in total. The van der Waals surface area contributed by atoms with E-state index in [1.807, 2.05) is 25.2 Å². The monoisotopic (exact) mass is 446 g/mol. The molecule has 3 heterocycles. The molecule has 0 aliphatic carbocycles. The molecule has 0 spiro atoms. The van der Waals surface area contributed by atoms with E-state index in [0.717, 1.165) is 43.2 Å². The predicted molar refractivity (Wildman–Crippen MR) is 112 cm³/mol. The number of hydrogen-bond donors (Lipinski definition) is 0. The van der Waals surface area contributed by atoms with E-state index in [1.165, 1.54) is 17.7 Å². The zero-order valence-corrected chi connectivity index (χ0v) is 17.8. The SMILES string of the molecule is Cn1nc(C2CN(Cc3ccncc3)CCO2)cc1CCOc1ccc(C(F)(F)F)cc1. The predicted octanol–water partition coefficient (Wildman–Crippen LogP) is 4.03. The van der Waals surface area contributed by atoms with Crippen LogP contribution in [0.15, 0.2) is 54.9 Å². The molecule has 0 saturated carbocycles. The second kappa shape index (κ2) is 9.70. The standard InChI is InChI=1S/C23H25F3N4O2/c1-29-19(8-12-31-20-4-2-18(3-5-20)23(24,25)26)14-21(28-29)22-16-30(11-13-32-22)15-17-6-9-27-10-7-17/h2-7,9-10,14,22H,8,11-13,15-16H2,1H3. The van der Waals surface area contributed by atoms with Gasteiger partial charge in [0.1, 0.15) is 11.9 Å². The van der Waals surface area contributed by atoms with Gasteiger partial charge in [-0.25, -0.2) is 0 Å². The van der Waals surface area contributed by atoms with Gasteiger partial charge < -0.3 is 9.47 Å². The molecule has 2 aromatic heterocycles. The highest BCUT2D eigenvalue weighted by atomic mass is 19.4. The summed E-state index contributed by atoms with van der Waals surface area (Å²) in [6.45, 7) is 3.42. The van der Waals surface area contributed by atoms with E-state index >= 15 is 0 Å². The maximum atomic E-state index is 12.7. The van der Waals surface area contributed by atoms with Crippen molar-refractivity contribution in [2.75, 3.05) is 26.3 Å². The molecule has 1 unspecified atom stereocenters. The third kappa shape index (κ3) is 5.66. The molecule has 1 saturated heterocycles. The Kier molecular flexibility index (Phi) is 6.76. The molecule has 1 atom stereocenters. The molecule has 1 aliphatic rings. The maximum Gasteiger partial charge on any atom is 0.416 e. The van der Waals surface area contributed by atoms with Gasteiger partial charge in [0, 0.05) is 51.2 Å². The van der Waals surface area contributed by atoms with E-state index in [4.69, 9.17) is 9.47 Å². The van der Waals surface area contributed by atoms with Crippen molar-refractivity contribution in [3.8, 4) is 5.75 Å². The van der Waals surface area contributed by atoms with Crippen LogP contribution in [0.25, 0.3) is 0 Å². The first-order valence-corrected chi connectivity index (χ1v) is 10.4. The Morgan fingerprint density at radius 3 is 2.59 bits per heavy atom. The summed E-state index contributed by atoms with van der Waals surface area (Å²) in [6, 6.07) is 10.8. The lowest BCUT2D eigenvalue weighted by Gasteiger charge is -2.32. The fraction of sp³-hybridized carbons (Fsp3) is 0.391. The number of nitrogens with zero attached hydrogens (tertiary/aromatic N) is 4. The Bertz CT molecular complexity index is 1010. The van der Waals surface area contributed by atoms with Crippen LogP contribution in [0.2, 0.25) is 0 Å². The van der Waals surface area contributed by atoms with E-state index in [1.54, 1.807) is 17.1 Å². The summed E-state index contributed by atoms with van der Waals surface area (Å²) >= 11 is 0.